The summed E-state index contributed by atoms with van der Waals surface area (Å²) in [4.78, 5) is 0. The summed E-state index contributed by atoms with van der Waals surface area (Å²) in [5, 5.41) is 5.03. The predicted octanol–water partition coefficient (Wildman–Crippen LogP) is 15.8. The van der Waals surface area contributed by atoms with E-state index in [9.17, 15) is 0 Å². The normalized spacial score (nSPS) is 15.4. The molecule has 61 heavy (non-hydrogen) atoms. The Morgan fingerprint density at radius 1 is 0.311 bits per heavy atom. The molecular weight excluding hydrogens is 820 g/mol. The number of benzene rings is 8. The number of hydrogen-bond acceptors (Lipinski definition) is 2. The molecule has 3 heteroatoms. The molecule has 2 unspecified atom stereocenters. The molecular formula is C58H38O2Zr. The summed E-state index contributed by atoms with van der Waals surface area (Å²) in [6, 6.07) is 74.4. The number of furan rings is 2. The minimum absolute atomic E-state index is 0.215. The molecule has 12 rings (SSSR count). The number of rotatable bonds is 8. The first-order valence-corrected chi connectivity index (χ1v) is 23.8. The van der Waals surface area contributed by atoms with Crippen LogP contribution in [0.25, 0.3) is 89.7 Å². The maximum absolute atomic E-state index is 6.87. The molecule has 0 N–H and O–H groups in total. The molecule has 2 aliphatic rings. The van der Waals surface area contributed by atoms with Crippen molar-refractivity contribution in [3.63, 3.8) is 0 Å². The Balaban J connectivity index is 1.04. The summed E-state index contributed by atoms with van der Waals surface area (Å²) in [5.74, 6) is 3.67. The molecule has 0 bridgehead atoms. The summed E-state index contributed by atoms with van der Waals surface area (Å²) < 4.78 is 14.2. The van der Waals surface area contributed by atoms with Crippen LogP contribution in [0.1, 0.15) is 41.0 Å². The number of allylic oxidation sites excluding steroid dienone is 2. The first-order valence-electron chi connectivity index (χ1n) is 21.0. The second-order valence-electron chi connectivity index (χ2n) is 16.0. The zero-order valence-electron chi connectivity index (χ0n) is 33.3. The molecule has 10 aromatic rings. The Kier molecular flexibility index (Phi) is 8.89. The van der Waals surface area contributed by atoms with Gasteiger partial charge in [-0.25, -0.2) is 0 Å². The van der Waals surface area contributed by atoms with Crippen LogP contribution in [-0.4, -0.2) is 0 Å². The van der Waals surface area contributed by atoms with Crippen LogP contribution in [0.3, 0.4) is 0 Å². The molecule has 286 valence electrons. The predicted molar refractivity (Wildman–Crippen MR) is 248 cm³/mol. The molecule has 0 spiro atoms. The van der Waals surface area contributed by atoms with Crippen molar-refractivity contribution in [2.24, 2.45) is 0 Å². The summed E-state index contributed by atoms with van der Waals surface area (Å²) in [6.07, 6.45) is 4.91. The minimum atomic E-state index is -1.50. The van der Waals surface area contributed by atoms with E-state index >= 15 is 0 Å². The van der Waals surface area contributed by atoms with Gasteiger partial charge in [-0.15, -0.1) is 0 Å². The molecule has 2 heterocycles. The number of fused-ring (bicyclic) bond motifs is 4. The van der Waals surface area contributed by atoms with Crippen LogP contribution in [0.4, 0.5) is 0 Å². The Bertz CT molecular complexity index is 3110. The van der Waals surface area contributed by atoms with Gasteiger partial charge in [0.05, 0.1) is 0 Å². The van der Waals surface area contributed by atoms with Gasteiger partial charge in [0, 0.05) is 0 Å². The Labute approximate surface area is 366 Å². The van der Waals surface area contributed by atoms with Gasteiger partial charge in [0.15, 0.2) is 0 Å². The van der Waals surface area contributed by atoms with Gasteiger partial charge >= 0.3 is 369 Å². The Hall–Kier alpha value is -6.80. The summed E-state index contributed by atoms with van der Waals surface area (Å²) >= 11 is -1.50. The van der Waals surface area contributed by atoms with Crippen LogP contribution in [-0.2, 0) is 23.2 Å². The Morgan fingerprint density at radius 3 is 1.16 bits per heavy atom. The maximum atomic E-state index is 6.87. The van der Waals surface area contributed by atoms with Crippen molar-refractivity contribution in [2.75, 3.05) is 0 Å². The third-order valence-electron chi connectivity index (χ3n) is 12.5. The molecule has 0 amide bonds. The molecule has 2 atom stereocenters. The first kappa shape index (κ1) is 36.1. The van der Waals surface area contributed by atoms with Crippen LogP contribution in [0.2, 0.25) is 0 Å². The quantitative estimate of drug-likeness (QED) is 0.152. The molecule has 0 radical (unpaired) electrons. The summed E-state index contributed by atoms with van der Waals surface area (Å²) in [5.41, 5.74) is 15.2. The van der Waals surface area contributed by atoms with Crippen molar-refractivity contribution >= 4 is 44.8 Å². The van der Waals surface area contributed by atoms with Crippen molar-refractivity contribution in [1.82, 2.24) is 0 Å². The van der Waals surface area contributed by atoms with Crippen molar-refractivity contribution in [2.45, 2.75) is 7.25 Å². The zero-order chi connectivity index (χ0) is 40.3. The van der Waals surface area contributed by atoms with Crippen LogP contribution in [0, 0.1) is 0 Å². The third-order valence-corrected chi connectivity index (χ3v) is 17.2. The van der Waals surface area contributed by atoms with Crippen molar-refractivity contribution in [3.05, 3.63) is 240 Å². The van der Waals surface area contributed by atoms with Gasteiger partial charge in [0.1, 0.15) is 0 Å². The fourth-order valence-electron chi connectivity index (χ4n) is 9.65. The van der Waals surface area contributed by atoms with Crippen molar-refractivity contribution in [1.29, 1.82) is 0 Å². The molecule has 0 aliphatic heterocycles. The van der Waals surface area contributed by atoms with Crippen molar-refractivity contribution < 1.29 is 32.1 Å². The van der Waals surface area contributed by atoms with Gasteiger partial charge in [0.2, 0.25) is 0 Å². The van der Waals surface area contributed by atoms with E-state index in [-0.39, 0.29) is 7.25 Å². The van der Waals surface area contributed by atoms with Gasteiger partial charge in [-0.1, -0.05) is 0 Å². The van der Waals surface area contributed by atoms with E-state index in [0.29, 0.717) is 0 Å². The SMILES string of the molecule is C1=C(c2ccc(-c3ccccc3)o2)[CH]([Zr][CH]2C(c3ccc(-c4ccccc4)o3)=Cc3c(-c4cccc5ccccc45)cccc32)c2cccc(-c3cccc4ccccc34)c21. The third kappa shape index (κ3) is 6.27. The van der Waals surface area contributed by atoms with Crippen LogP contribution in [0.15, 0.2) is 215 Å². The summed E-state index contributed by atoms with van der Waals surface area (Å²) in [6.45, 7) is 0. The van der Waals surface area contributed by atoms with E-state index < -0.39 is 23.2 Å². The fourth-order valence-corrected chi connectivity index (χ4v) is 14.6. The average Bonchev–Trinajstić information content (AvgIpc) is 4.15. The van der Waals surface area contributed by atoms with Gasteiger partial charge in [-0.05, 0) is 0 Å². The van der Waals surface area contributed by atoms with Gasteiger partial charge in [0.25, 0.3) is 0 Å². The molecule has 8 aromatic carbocycles. The van der Waals surface area contributed by atoms with Gasteiger partial charge in [-0.3, -0.25) is 0 Å². The topological polar surface area (TPSA) is 26.3 Å². The first-order chi connectivity index (χ1) is 30.2. The van der Waals surface area contributed by atoms with E-state index in [4.69, 9.17) is 8.83 Å². The molecule has 0 fully saturated rings. The average molecular weight is 858 g/mol. The summed E-state index contributed by atoms with van der Waals surface area (Å²) in [7, 11) is 0. The van der Waals surface area contributed by atoms with Crippen LogP contribution in [0.5, 0.6) is 0 Å². The monoisotopic (exact) mass is 856 g/mol. The molecule has 2 nitrogen and oxygen atoms in total. The van der Waals surface area contributed by atoms with E-state index in [0.717, 1.165) is 34.2 Å². The van der Waals surface area contributed by atoms with E-state index in [1.54, 1.807) is 0 Å². The number of hydrogen-bond donors (Lipinski definition) is 0. The second-order valence-corrected chi connectivity index (χ2v) is 19.6. The molecule has 2 aromatic heterocycles. The van der Waals surface area contributed by atoms with Crippen LogP contribution >= 0.6 is 0 Å². The molecule has 0 saturated heterocycles. The fraction of sp³-hybridized carbons (Fsp3) is 0.0345. The molecule has 2 aliphatic carbocycles. The van der Waals surface area contributed by atoms with E-state index in [2.05, 4.69) is 218 Å². The van der Waals surface area contributed by atoms with Gasteiger partial charge < -0.3 is 0 Å². The van der Waals surface area contributed by atoms with Crippen molar-refractivity contribution in [3.8, 4) is 44.9 Å². The standard InChI is InChI=1S/2C29H19O.Zr/c2*1-2-9-21(10-3-1)28-16-17-29(30-28)23-18-22-12-7-15-26(27(22)19-23)25-14-6-11-20-8-4-5-13-24(20)25;/h2*1-19H;. The Morgan fingerprint density at radius 2 is 0.689 bits per heavy atom. The van der Waals surface area contributed by atoms with E-state index in [1.165, 1.54) is 77.2 Å². The van der Waals surface area contributed by atoms with Crippen LogP contribution < -0.4 is 0 Å². The van der Waals surface area contributed by atoms with Gasteiger partial charge in [-0.2, -0.15) is 0 Å². The molecule has 0 saturated carbocycles. The van der Waals surface area contributed by atoms with E-state index in [1.807, 2.05) is 0 Å². The second kappa shape index (κ2) is 15.0. The zero-order valence-corrected chi connectivity index (χ0v) is 35.7.